The molecule has 0 aliphatic carbocycles. The molecule has 0 saturated heterocycles. The fourth-order valence-electron chi connectivity index (χ4n) is 0.388. The monoisotopic (exact) mass is 169 g/mol. The van der Waals surface area contributed by atoms with Gasteiger partial charge in [0, 0.05) is 0 Å². The van der Waals surface area contributed by atoms with Gasteiger partial charge in [-0.15, -0.1) is 0 Å². The Morgan fingerprint density at radius 2 is 1.78 bits per heavy atom. The summed E-state index contributed by atoms with van der Waals surface area (Å²) in [5.74, 6) is -0.613. The molecule has 0 spiro atoms. The summed E-state index contributed by atoms with van der Waals surface area (Å²) in [4.78, 5) is 17.6. The lowest BCUT2D eigenvalue weighted by molar-refractivity contribution is 0.436. The highest BCUT2D eigenvalue weighted by molar-refractivity contribution is 8.09. The number of nitrogens with two attached hydrogens (primary N) is 1. The van der Waals surface area contributed by atoms with Gasteiger partial charge < -0.3 is 15.5 Å². The summed E-state index contributed by atoms with van der Waals surface area (Å²) in [6, 6.07) is 0. The molecule has 4 N–H and O–H groups in total. The first-order chi connectivity index (χ1) is 3.85. The van der Waals surface area contributed by atoms with Crippen LogP contribution in [0.1, 0.15) is 13.8 Å². The van der Waals surface area contributed by atoms with Crippen molar-refractivity contribution in [2.24, 2.45) is 11.7 Å². The minimum Gasteiger partial charge on any atom is -0.344 e. The van der Waals surface area contributed by atoms with E-state index in [1.807, 2.05) is 0 Å². The van der Waals surface area contributed by atoms with Crippen molar-refractivity contribution < 1.29 is 9.79 Å². The van der Waals surface area contributed by atoms with Gasteiger partial charge in [0.05, 0.1) is 5.78 Å². The summed E-state index contributed by atoms with van der Waals surface area (Å²) in [6.07, 6.45) is 0. The van der Waals surface area contributed by atoms with Crippen molar-refractivity contribution in [3.05, 3.63) is 0 Å². The maximum atomic E-state index is 8.81. The Balaban J connectivity index is 4.05. The second-order valence-corrected chi connectivity index (χ2v) is 5.71. The van der Waals surface area contributed by atoms with Crippen LogP contribution in [0.15, 0.2) is 0 Å². The van der Waals surface area contributed by atoms with Crippen LogP contribution in [0.5, 0.6) is 0 Å². The van der Waals surface area contributed by atoms with Gasteiger partial charge in [-0.2, -0.15) is 0 Å². The van der Waals surface area contributed by atoms with Crippen molar-refractivity contribution in [3.63, 3.8) is 0 Å². The zero-order chi connectivity index (χ0) is 7.65. The standard InChI is InChI=1S/C4H12NO2PS/c1-3(2)4(5)8(6,7)9/h3-4H,5H2,1-2H3,(H2,6,7,9). The first-order valence-electron chi connectivity index (χ1n) is 2.66. The Hall–Kier alpha value is 0.530. The summed E-state index contributed by atoms with van der Waals surface area (Å²) in [6.45, 7) is 0.406. The average Bonchev–Trinajstić information content (AvgIpc) is 1.62. The normalized spacial score (nSPS) is 16.2. The molecule has 5 heteroatoms. The largest absolute Gasteiger partial charge is 0.344 e. The van der Waals surface area contributed by atoms with E-state index in [0.717, 1.165) is 0 Å². The highest BCUT2D eigenvalue weighted by Gasteiger charge is 2.22. The van der Waals surface area contributed by atoms with E-state index in [9.17, 15) is 0 Å². The number of hydrogen-bond donors (Lipinski definition) is 3. The molecule has 1 unspecified atom stereocenters. The maximum Gasteiger partial charge on any atom is 0.200 e. The van der Waals surface area contributed by atoms with Crippen LogP contribution in [0.25, 0.3) is 0 Å². The molecule has 0 aromatic heterocycles. The quantitative estimate of drug-likeness (QED) is 0.517. The van der Waals surface area contributed by atoms with Gasteiger partial charge in [0.2, 0.25) is 6.49 Å². The maximum absolute atomic E-state index is 8.81. The van der Waals surface area contributed by atoms with E-state index in [1.54, 1.807) is 13.8 Å². The first kappa shape index (κ1) is 9.53. The second kappa shape index (κ2) is 3.08. The lowest BCUT2D eigenvalue weighted by Gasteiger charge is -2.19. The van der Waals surface area contributed by atoms with Crippen LogP contribution in [0, 0.1) is 5.92 Å². The van der Waals surface area contributed by atoms with E-state index < -0.39 is 12.3 Å². The molecule has 9 heavy (non-hydrogen) atoms. The van der Waals surface area contributed by atoms with Crippen LogP contribution in [0.2, 0.25) is 0 Å². The molecule has 0 heterocycles. The molecule has 0 bridgehead atoms. The van der Waals surface area contributed by atoms with Crippen LogP contribution in [0.4, 0.5) is 0 Å². The van der Waals surface area contributed by atoms with Gasteiger partial charge in [-0.05, 0) is 17.7 Å². The molecule has 0 rings (SSSR count). The second-order valence-electron chi connectivity index (χ2n) is 2.32. The molecule has 1 atom stereocenters. The fraction of sp³-hybridized carbons (Fsp3) is 1.00. The topological polar surface area (TPSA) is 66.5 Å². The van der Waals surface area contributed by atoms with Crippen LogP contribution in [-0.2, 0) is 11.8 Å². The molecule has 0 aliphatic heterocycles. The van der Waals surface area contributed by atoms with Crippen molar-refractivity contribution in [1.82, 2.24) is 0 Å². The number of rotatable bonds is 2. The lowest BCUT2D eigenvalue weighted by atomic mass is 10.2. The van der Waals surface area contributed by atoms with Crippen molar-refractivity contribution in [3.8, 4) is 0 Å². The summed E-state index contributed by atoms with van der Waals surface area (Å²) in [5, 5.41) is 0. The third-order valence-corrected chi connectivity index (χ3v) is 3.17. The lowest BCUT2D eigenvalue weighted by Crippen LogP contribution is -2.25. The first-order valence-corrected chi connectivity index (χ1v) is 5.44. The third-order valence-electron chi connectivity index (χ3n) is 1.07. The Kier molecular flexibility index (Phi) is 3.26. The predicted octanol–water partition coefficient (Wildman–Crippen LogP) is 0.221. The Morgan fingerprint density at radius 1 is 1.44 bits per heavy atom. The number of hydrogen-bond acceptors (Lipinski definition) is 2. The smallest absolute Gasteiger partial charge is 0.200 e. The fourth-order valence-corrected chi connectivity index (χ4v) is 1.90. The predicted molar refractivity (Wildman–Crippen MR) is 41.5 cm³/mol. The molecule has 0 amide bonds. The molecule has 0 aromatic carbocycles. The summed E-state index contributed by atoms with van der Waals surface area (Å²) < 4.78 is 0. The van der Waals surface area contributed by atoms with Gasteiger partial charge in [0.15, 0.2) is 0 Å². The van der Waals surface area contributed by atoms with E-state index in [-0.39, 0.29) is 5.92 Å². The molecule has 0 aromatic rings. The van der Waals surface area contributed by atoms with Crippen LogP contribution in [0.3, 0.4) is 0 Å². The molecule has 0 radical (unpaired) electrons. The van der Waals surface area contributed by atoms with E-state index >= 15 is 0 Å². The molecular weight excluding hydrogens is 157 g/mol. The van der Waals surface area contributed by atoms with Crippen LogP contribution in [-0.4, -0.2) is 15.6 Å². The van der Waals surface area contributed by atoms with Crippen LogP contribution < -0.4 is 5.73 Å². The van der Waals surface area contributed by atoms with E-state index in [4.69, 9.17) is 15.5 Å². The van der Waals surface area contributed by atoms with Crippen molar-refractivity contribution in [1.29, 1.82) is 0 Å². The van der Waals surface area contributed by atoms with Gasteiger partial charge in [-0.1, -0.05) is 13.8 Å². The zero-order valence-corrected chi connectivity index (χ0v) is 7.19. The minimum atomic E-state index is -3.20. The molecule has 56 valence electrons. The zero-order valence-electron chi connectivity index (χ0n) is 5.48. The summed E-state index contributed by atoms with van der Waals surface area (Å²) in [5.41, 5.74) is 5.34. The molecule has 3 nitrogen and oxygen atoms in total. The summed E-state index contributed by atoms with van der Waals surface area (Å²) >= 11 is 4.38. The van der Waals surface area contributed by atoms with E-state index in [1.165, 1.54) is 0 Å². The van der Waals surface area contributed by atoms with Crippen molar-refractivity contribution >= 4 is 18.3 Å². The Labute approximate surface area is 60.1 Å². The van der Waals surface area contributed by atoms with Crippen molar-refractivity contribution in [2.45, 2.75) is 19.6 Å². The van der Waals surface area contributed by atoms with Crippen molar-refractivity contribution in [2.75, 3.05) is 0 Å². The Morgan fingerprint density at radius 3 is 1.78 bits per heavy atom. The van der Waals surface area contributed by atoms with Gasteiger partial charge in [0.1, 0.15) is 0 Å². The minimum absolute atomic E-state index is 0.0332. The van der Waals surface area contributed by atoms with E-state index in [0.29, 0.717) is 0 Å². The van der Waals surface area contributed by atoms with Crippen LogP contribution >= 0.6 is 6.49 Å². The molecule has 0 saturated carbocycles. The van der Waals surface area contributed by atoms with Gasteiger partial charge in [0.25, 0.3) is 0 Å². The Bertz CT molecular complexity index is 133. The highest BCUT2D eigenvalue weighted by atomic mass is 32.5. The third kappa shape index (κ3) is 3.28. The SMILES string of the molecule is CC(C)C(N)P(O)(O)=S. The molecule has 0 fully saturated rings. The van der Waals surface area contributed by atoms with Gasteiger partial charge in [-0.3, -0.25) is 0 Å². The average molecular weight is 169 g/mol. The van der Waals surface area contributed by atoms with Gasteiger partial charge in [-0.25, -0.2) is 0 Å². The van der Waals surface area contributed by atoms with E-state index in [2.05, 4.69) is 11.8 Å². The molecular formula is C4H12NO2PS. The molecule has 0 aliphatic rings. The van der Waals surface area contributed by atoms with Gasteiger partial charge >= 0.3 is 0 Å². The summed E-state index contributed by atoms with van der Waals surface area (Å²) in [7, 11) is 0. The highest BCUT2D eigenvalue weighted by Crippen LogP contribution is 2.41.